The van der Waals surface area contributed by atoms with E-state index in [1.165, 1.54) is 6.92 Å². The van der Waals surface area contributed by atoms with E-state index in [0.717, 1.165) is 12.1 Å². The fraction of sp³-hybridized carbons (Fsp3) is 0.300. The number of nitrogens with zero attached hydrogens (tertiary/aromatic N) is 1. The van der Waals surface area contributed by atoms with Gasteiger partial charge in [-0.3, -0.25) is 10.1 Å². The molecule has 1 aromatic rings. The Morgan fingerprint density at radius 1 is 1.47 bits per heavy atom. The third-order valence-electron chi connectivity index (χ3n) is 2.33. The third kappa shape index (κ3) is 3.42. The van der Waals surface area contributed by atoms with E-state index in [1.807, 2.05) is 0 Å². The highest BCUT2D eigenvalue weighted by Gasteiger charge is 2.25. The molecule has 0 saturated heterocycles. The maximum atomic E-state index is 11.6. The van der Waals surface area contributed by atoms with E-state index in [1.54, 1.807) is 6.92 Å². The van der Waals surface area contributed by atoms with Crippen LogP contribution in [0.4, 0.5) is 5.69 Å². The van der Waals surface area contributed by atoms with Crippen LogP contribution in [0.2, 0.25) is 0 Å². The monoisotopic (exact) mass is 307 g/mol. The summed E-state index contributed by atoms with van der Waals surface area (Å²) in [6, 6.07) is 1.77. The second-order valence-electron chi connectivity index (χ2n) is 3.53. The van der Waals surface area contributed by atoms with Gasteiger partial charge in [-0.15, -0.1) is 0 Å². The second-order valence-corrected chi connectivity index (χ2v) is 6.10. The second kappa shape index (κ2) is 5.54. The van der Waals surface area contributed by atoms with Crippen molar-refractivity contribution in [2.24, 2.45) is 0 Å². The Kier molecular flexibility index (Phi) is 4.48. The minimum Gasteiger partial charge on any atom is -0.462 e. The number of nitro groups is 1. The zero-order valence-corrected chi connectivity index (χ0v) is 11.6. The number of rotatable bonds is 4. The molecule has 0 aromatic heterocycles. The van der Waals surface area contributed by atoms with Gasteiger partial charge >= 0.3 is 5.97 Å². The van der Waals surface area contributed by atoms with Crippen molar-refractivity contribution >= 4 is 31.4 Å². The van der Waals surface area contributed by atoms with E-state index in [-0.39, 0.29) is 17.7 Å². The molecule has 7 nitrogen and oxygen atoms in total. The first kappa shape index (κ1) is 15.4. The third-order valence-corrected chi connectivity index (χ3v) is 3.66. The molecule has 0 atom stereocenters. The maximum Gasteiger partial charge on any atom is 0.338 e. The van der Waals surface area contributed by atoms with E-state index < -0.39 is 30.5 Å². The number of carbonyl (C=O) groups is 1. The molecule has 0 aliphatic heterocycles. The van der Waals surface area contributed by atoms with Crippen molar-refractivity contribution in [3.8, 4) is 0 Å². The van der Waals surface area contributed by atoms with Crippen molar-refractivity contribution in [3.63, 3.8) is 0 Å². The van der Waals surface area contributed by atoms with Crippen molar-refractivity contribution in [3.05, 3.63) is 33.4 Å². The van der Waals surface area contributed by atoms with Gasteiger partial charge in [-0.25, -0.2) is 13.2 Å². The lowest BCUT2D eigenvalue weighted by Gasteiger charge is -2.07. The number of halogens is 1. The SMILES string of the molecule is CCOC(=O)c1cc(S(=O)(=O)Cl)cc([N+](=O)[O-])c1C. The first-order valence-electron chi connectivity index (χ1n) is 5.09. The summed E-state index contributed by atoms with van der Waals surface area (Å²) in [7, 11) is 0.952. The Hall–Kier alpha value is -1.67. The zero-order valence-electron chi connectivity index (χ0n) is 10.0. The summed E-state index contributed by atoms with van der Waals surface area (Å²) in [5.74, 6) is -0.842. The topological polar surface area (TPSA) is 104 Å². The summed E-state index contributed by atoms with van der Waals surface area (Å²) in [6.07, 6.45) is 0. The number of hydrogen-bond acceptors (Lipinski definition) is 6. The molecule has 0 amide bonds. The number of hydrogen-bond donors (Lipinski definition) is 0. The van der Waals surface area contributed by atoms with Crippen LogP contribution in [0.3, 0.4) is 0 Å². The van der Waals surface area contributed by atoms with Gasteiger partial charge in [-0.05, 0) is 19.9 Å². The highest BCUT2D eigenvalue weighted by atomic mass is 35.7. The largest absolute Gasteiger partial charge is 0.462 e. The Labute approximate surface area is 113 Å². The van der Waals surface area contributed by atoms with Gasteiger partial charge in [0.2, 0.25) is 0 Å². The summed E-state index contributed by atoms with van der Waals surface area (Å²) in [4.78, 5) is 21.2. The summed E-state index contributed by atoms with van der Waals surface area (Å²) < 4.78 is 27.2. The molecule has 0 aliphatic carbocycles. The predicted molar refractivity (Wildman–Crippen MR) is 66.8 cm³/mol. The van der Waals surface area contributed by atoms with E-state index in [2.05, 4.69) is 0 Å². The van der Waals surface area contributed by atoms with E-state index >= 15 is 0 Å². The van der Waals surface area contributed by atoms with Crippen LogP contribution in [0.5, 0.6) is 0 Å². The molecule has 19 heavy (non-hydrogen) atoms. The summed E-state index contributed by atoms with van der Waals surface area (Å²) >= 11 is 0. The van der Waals surface area contributed by atoms with Gasteiger partial charge in [0.25, 0.3) is 14.7 Å². The lowest BCUT2D eigenvalue weighted by atomic mass is 10.1. The van der Waals surface area contributed by atoms with E-state index in [9.17, 15) is 23.3 Å². The van der Waals surface area contributed by atoms with Crippen LogP contribution in [-0.2, 0) is 13.8 Å². The number of esters is 1. The molecular weight excluding hydrogens is 298 g/mol. The molecule has 0 spiro atoms. The number of carbonyl (C=O) groups excluding carboxylic acids is 1. The number of ether oxygens (including phenoxy) is 1. The molecule has 0 bridgehead atoms. The van der Waals surface area contributed by atoms with Crippen LogP contribution in [0.15, 0.2) is 17.0 Å². The lowest BCUT2D eigenvalue weighted by Crippen LogP contribution is -2.10. The van der Waals surface area contributed by atoms with Gasteiger partial charge in [0.15, 0.2) is 0 Å². The molecule has 1 aromatic carbocycles. The highest BCUT2D eigenvalue weighted by molar-refractivity contribution is 8.13. The number of benzene rings is 1. The van der Waals surface area contributed by atoms with Crippen LogP contribution < -0.4 is 0 Å². The minimum absolute atomic E-state index is 0.0208. The van der Waals surface area contributed by atoms with Gasteiger partial charge in [-0.1, -0.05) is 0 Å². The first-order valence-corrected chi connectivity index (χ1v) is 7.40. The number of nitro benzene ring substituents is 1. The van der Waals surface area contributed by atoms with E-state index in [0.29, 0.717) is 0 Å². The summed E-state index contributed by atoms with van der Waals surface area (Å²) in [5.41, 5.74) is -0.687. The zero-order chi connectivity index (χ0) is 14.8. The van der Waals surface area contributed by atoms with Gasteiger partial charge < -0.3 is 4.74 Å². The first-order chi connectivity index (χ1) is 8.68. The molecule has 0 radical (unpaired) electrons. The lowest BCUT2D eigenvalue weighted by molar-refractivity contribution is -0.385. The van der Waals surface area contributed by atoms with Crippen molar-refractivity contribution in [1.29, 1.82) is 0 Å². The predicted octanol–water partition coefficient (Wildman–Crippen LogP) is 2.01. The molecule has 0 aliphatic rings. The maximum absolute atomic E-state index is 11.6. The Morgan fingerprint density at radius 2 is 2.05 bits per heavy atom. The van der Waals surface area contributed by atoms with Crippen molar-refractivity contribution in [2.75, 3.05) is 6.61 Å². The Bertz CT molecular complexity index is 640. The van der Waals surface area contributed by atoms with Gasteiger partial charge in [0, 0.05) is 22.3 Å². The van der Waals surface area contributed by atoms with Crippen LogP contribution in [0.1, 0.15) is 22.8 Å². The highest BCUT2D eigenvalue weighted by Crippen LogP contribution is 2.28. The quantitative estimate of drug-likeness (QED) is 0.365. The molecular formula is C10H10ClNO6S. The fourth-order valence-corrected chi connectivity index (χ4v) is 2.20. The fourth-order valence-electron chi connectivity index (χ4n) is 1.42. The van der Waals surface area contributed by atoms with Crippen molar-refractivity contribution < 1.29 is 22.9 Å². The van der Waals surface area contributed by atoms with Crippen LogP contribution >= 0.6 is 10.7 Å². The average Bonchev–Trinajstić information content (AvgIpc) is 2.27. The van der Waals surface area contributed by atoms with Crippen molar-refractivity contribution in [1.82, 2.24) is 0 Å². The molecule has 1 rings (SSSR count). The molecule has 9 heteroatoms. The Morgan fingerprint density at radius 3 is 2.47 bits per heavy atom. The Balaban J connectivity index is 3.59. The van der Waals surface area contributed by atoms with Gasteiger partial charge in [0.05, 0.1) is 22.0 Å². The average molecular weight is 308 g/mol. The smallest absolute Gasteiger partial charge is 0.338 e. The molecule has 0 fully saturated rings. The molecule has 0 N–H and O–H groups in total. The minimum atomic E-state index is -4.19. The summed E-state index contributed by atoms with van der Waals surface area (Å²) in [5, 5.41) is 10.8. The van der Waals surface area contributed by atoms with Crippen LogP contribution in [-0.4, -0.2) is 25.9 Å². The van der Waals surface area contributed by atoms with Gasteiger partial charge in [-0.2, -0.15) is 0 Å². The molecule has 0 saturated carbocycles. The standard InChI is InChI=1S/C10H10ClNO6S/c1-3-18-10(13)8-4-7(19(11,16)17)5-9(6(8)2)12(14)15/h4-5H,3H2,1-2H3. The van der Waals surface area contributed by atoms with Crippen LogP contribution in [0.25, 0.3) is 0 Å². The molecule has 104 valence electrons. The van der Waals surface area contributed by atoms with Gasteiger partial charge in [0.1, 0.15) is 0 Å². The van der Waals surface area contributed by atoms with Crippen molar-refractivity contribution in [2.45, 2.75) is 18.7 Å². The molecule has 0 unspecified atom stereocenters. The van der Waals surface area contributed by atoms with E-state index in [4.69, 9.17) is 15.4 Å². The summed E-state index contributed by atoms with van der Waals surface area (Å²) in [6.45, 7) is 2.95. The normalized spacial score (nSPS) is 11.1. The molecule has 0 heterocycles. The van der Waals surface area contributed by atoms with Crippen LogP contribution in [0, 0.1) is 17.0 Å².